The summed E-state index contributed by atoms with van der Waals surface area (Å²) in [5.74, 6) is 0. The molecular formula is C34H28. The fourth-order valence-electron chi connectivity index (χ4n) is 6.21. The highest BCUT2D eigenvalue weighted by Crippen LogP contribution is 2.33. The summed E-state index contributed by atoms with van der Waals surface area (Å²) in [6, 6.07) is 20.8. The Bertz CT molecular complexity index is 1790. The molecule has 164 valence electrons. The van der Waals surface area contributed by atoms with Gasteiger partial charge in [-0.1, -0.05) is 91.1 Å². The van der Waals surface area contributed by atoms with E-state index >= 15 is 0 Å². The van der Waals surface area contributed by atoms with Crippen molar-refractivity contribution in [1.82, 2.24) is 0 Å². The zero-order valence-electron chi connectivity index (χ0n) is 19.5. The monoisotopic (exact) mass is 436 g/mol. The van der Waals surface area contributed by atoms with Gasteiger partial charge < -0.3 is 0 Å². The first kappa shape index (κ1) is 19.8. The van der Waals surface area contributed by atoms with Gasteiger partial charge in [0.15, 0.2) is 0 Å². The van der Waals surface area contributed by atoms with Crippen LogP contribution in [0.3, 0.4) is 0 Å². The van der Waals surface area contributed by atoms with Crippen LogP contribution < -0.4 is 20.9 Å². The molecule has 0 heterocycles. The fourth-order valence-corrected chi connectivity index (χ4v) is 6.21. The lowest BCUT2D eigenvalue weighted by Gasteiger charge is -2.20. The maximum atomic E-state index is 2.49. The summed E-state index contributed by atoms with van der Waals surface area (Å²) in [7, 11) is 0. The van der Waals surface area contributed by atoms with Crippen LogP contribution in [0.4, 0.5) is 0 Å². The number of rotatable bonds is 2. The van der Waals surface area contributed by atoms with Gasteiger partial charge in [-0.25, -0.2) is 0 Å². The number of allylic oxidation sites excluding steroid dienone is 4. The van der Waals surface area contributed by atoms with Gasteiger partial charge in [-0.15, -0.1) is 0 Å². The second-order valence-corrected chi connectivity index (χ2v) is 9.76. The molecule has 34 heavy (non-hydrogen) atoms. The van der Waals surface area contributed by atoms with Crippen molar-refractivity contribution >= 4 is 51.4 Å². The van der Waals surface area contributed by atoms with E-state index in [-0.39, 0.29) is 0 Å². The van der Waals surface area contributed by atoms with Crippen LogP contribution in [0.1, 0.15) is 44.1 Å². The molecule has 0 N–H and O–H groups in total. The lowest BCUT2D eigenvalue weighted by atomic mass is 9.84. The molecule has 0 atom stereocenters. The molecule has 0 heteroatoms. The van der Waals surface area contributed by atoms with E-state index in [9.17, 15) is 0 Å². The van der Waals surface area contributed by atoms with E-state index in [0.29, 0.717) is 0 Å². The zero-order chi connectivity index (χ0) is 22.5. The van der Waals surface area contributed by atoms with Gasteiger partial charge in [0.1, 0.15) is 0 Å². The largest absolute Gasteiger partial charge is 0.0842 e. The normalized spacial score (nSPS) is 16.5. The van der Waals surface area contributed by atoms with E-state index in [2.05, 4.69) is 97.1 Å². The lowest BCUT2D eigenvalue weighted by Crippen LogP contribution is -2.33. The highest BCUT2D eigenvalue weighted by atomic mass is 14.2. The van der Waals surface area contributed by atoms with Gasteiger partial charge in [0, 0.05) is 0 Å². The molecule has 0 radical (unpaired) electrons. The maximum absolute atomic E-state index is 2.49. The molecule has 0 saturated carbocycles. The first-order valence-electron chi connectivity index (χ1n) is 12.7. The van der Waals surface area contributed by atoms with Gasteiger partial charge in [0.2, 0.25) is 0 Å². The van der Waals surface area contributed by atoms with Gasteiger partial charge in [0.05, 0.1) is 0 Å². The summed E-state index contributed by atoms with van der Waals surface area (Å²) in [4.78, 5) is 0. The number of benzene rings is 4. The van der Waals surface area contributed by atoms with Crippen molar-refractivity contribution in [2.24, 2.45) is 0 Å². The summed E-state index contributed by atoms with van der Waals surface area (Å²) in [5.41, 5.74) is 5.67. The van der Waals surface area contributed by atoms with Crippen LogP contribution in [0.15, 0.2) is 72.8 Å². The average Bonchev–Trinajstić information content (AvgIpc) is 2.92. The Balaban J connectivity index is 1.61. The van der Waals surface area contributed by atoms with E-state index < -0.39 is 0 Å². The zero-order valence-corrected chi connectivity index (χ0v) is 19.5. The molecule has 0 amide bonds. The van der Waals surface area contributed by atoms with Crippen LogP contribution >= 0.6 is 0 Å². The van der Waals surface area contributed by atoms with Gasteiger partial charge in [-0.05, 0) is 109 Å². The standard InChI is InChI=1S/C34H28/c1-2-11-25(12-3-1)33-28-14-6-8-16-30(28)34(31-17-9-7-15-29(31)33)26-21-20-24-19-18-23-10-4-5-13-27(23)32(24)22-26/h1-2,6,8,10-11,13-22H,3-5,7,9,12H2. The van der Waals surface area contributed by atoms with E-state index in [1.807, 2.05) is 0 Å². The van der Waals surface area contributed by atoms with Crippen molar-refractivity contribution in [1.29, 1.82) is 0 Å². The van der Waals surface area contributed by atoms with Crippen molar-refractivity contribution in [2.45, 2.75) is 38.5 Å². The van der Waals surface area contributed by atoms with Crippen LogP contribution in [0.25, 0.3) is 62.5 Å². The molecule has 0 spiro atoms. The first-order valence-corrected chi connectivity index (χ1v) is 12.7. The minimum absolute atomic E-state index is 1.11. The third-order valence-electron chi connectivity index (χ3n) is 7.76. The lowest BCUT2D eigenvalue weighted by molar-refractivity contribution is 1.05. The quantitative estimate of drug-likeness (QED) is 0.356. The van der Waals surface area contributed by atoms with Crippen LogP contribution in [0, 0.1) is 0 Å². The van der Waals surface area contributed by atoms with Gasteiger partial charge >= 0.3 is 0 Å². The van der Waals surface area contributed by atoms with Crippen molar-refractivity contribution in [3.05, 3.63) is 99.3 Å². The Morgan fingerprint density at radius 3 is 2.06 bits per heavy atom. The number of hydrogen-bond acceptors (Lipinski definition) is 0. The number of hydrogen-bond donors (Lipinski definition) is 0. The van der Waals surface area contributed by atoms with E-state index in [4.69, 9.17) is 0 Å². The second-order valence-electron chi connectivity index (χ2n) is 9.76. The van der Waals surface area contributed by atoms with Crippen molar-refractivity contribution in [3.63, 3.8) is 0 Å². The molecule has 0 unspecified atom stereocenters. The summed E-state index contributed by atoms with van der Waals surface area (Å²) < 4.78 is 0. The highest BCUT2D eigenvalue weighted by molar-refractivity contribution is 6.05. The minimum atomic E-state index is 1.11. The molecule has 4 aromatic carbocycles. The molecule has 3 aliphatic rings. The summed E-state index contributed by atoms with van der Waals surface area (Å²) in [5, 5.41) is 11.1. The van der Waals surface area contributed by atoms with Gasteiger partial charge in [0.25, 0.3) is 0 Å². The third kappa shape index (κ3) is 3.06. The minimum Gasteiger partial charge on any atom is -0.0842 e. The van der Waals surface area contributed by atoms with Gasteiger partial charge in [-0.2, -0.15) is 0 Å². The summed E-state index contributed by atoms with van der Waals surface area (Å²) in [6.07, 6.45) is 23.4. The van der Waals surface area contributed by atoms with Crippen LogP contribution in [0.2, 0.25) is 0 Å². The molecule has 7 rings (SSSR count). The molecular weight excluding hydrogens is 408 g/mol. The molecule has 0 nitrogen and oxygen atoms in total. The van der Waals surface area contributed by atoms with Crippen LogP contribution in [0.5, 0.6) is 0 Å². The molecule has 0 fully saturated rings. The van der Waals surface area contributed by atoms with E-state index in [0.717, 1.165) is 38.5 Å². The molecule has 3 aliphatic carbocycles. The van der Waals surface area contributed by atoms with Crippen LogP contribution in [-0.2, 0) is 0 Å². The predicted molar refractivity (Wildman–Crippen MR) is 148 cm³/mol. The Morgan fingerprint density at radius 1 is 0.559 bits per heavy atom. The van der Waals surface area contributed by atoms with Crippen molar-refractivity contribution < 1.29 is 0 Å². The van der Waals surface area contributed by atoms with Crippen molar-refractivity contribution in [2.75, 3.05) is 0 Å². The van der Waals surface area contributed by atoms with Crippen molar-refractivity contribution in [3.8, 4) is 11.1 Å². The van der Waals surface area contributed by atoms with E-state index in [1.54, 1.807) is 0 Å². The predicted octanol–water partition coefficient (Wildman–Crippen LogP) is 6.10. The topological polar surface area (TPSA) is 0 Å². The van der Waals surface area contributed by atoms with Crippen LogP contribution in [-0.4, -0.2) is 0 Å². The Hall–Kier alpha value is -3.64. The summed E-state index contributed by atoms with van der Waals surface area (Å²) in [6.45, 7) is 0. The number of fused-ring (bicyclic) bond motifs is 5. The SMILES string of the molecule is C1=CCCC(c2c3c(c(-c4ccc5ccc6c(c5c4)=CCCC=6)c4ccccc24)=CCCC=3)=C1. The Labute approximate surface area is 200 Å². The first-order chi connectivity index (χ1) is 16.9. The molecule has 0 saturated heterocycles. The Morgan fingerprint density at radius 2 is 1.26 bits per heavy atom. The highest BCUT2D eigenvalue weighted by Gasteiger charge is 2.17. The maximum Gasteiger partial charge on any atom is -0.00295 e. The average molecular weight is 437 g/mol. The van der Waals surface area contributed by atoms with Gasteiger partial charge in [-0.3, -0.25) is 0 Å². The Kier molecular flexibility index (Phi) is 4.65. The van der Waals surface area contributed by atoms with E-state index in [1.165, 1.54) is 64.7 Å². The molecule has 0 aromatic heterocycles. The molecule has 4 aromatic rings. The molecule has 0 aliphatic heterocycles. The third-order valence-corrected chi connectivity index (χ3v) is 7.76. The smallest absolute Gasteiger partial charge is 0.00295 e. The molecule has 0 bridgehead atoms. The fraction of sp³-hybridized carbons (Fsp3) is 0.176. The second kappa shape index (κ2) is 7.99. The summed E-state index contributed by atoms with van der Waals surface area (Å²) >= 11 is 0.